The summed E-state index contributed by atoms with van der Waals surface area (Å²) in [5.74, 6) is -0.651. The predicted molar refractivity (Wildman–Crippen MR) is 95.2 cm³/mol. The highest BCUT2D eigenvalue weighted by Gasteiger charge is 2.31. The van der Waals surface area contributed by atoms with E-state index >= 15 is 0 Å². The Morgan fingerprint density at radius 2 is 1.52 bits per heavy atom. The minimum atomic E-state index is -3.75. The van der Waals surface area contributed by atoms with Crippen molar-refractivity contribution < 1.29 is 17.9 Å². The van der Waals surface area contributed by atoms with Gasteiger partial charge in [-0.05, 0) is 24.3 Å². The highest BCUT2D eigenvalue weighted by atomic mass is 32.2. The number of hydrogen-bond donors (Lipinski definition) is 0. The van der Waals surface area contributed by atoms with Gasteiger partial charge in [-0.1, -0.05) is 30.3 Å². The Labute approximate surface area is 147 Å². The number of anilines is 1. The zero-order chi connectivity index (χ0) is 17.9. The molecule has 3 rings (SSSR count). The third-order valence-electron chi connectivity index (χ3n) is 4.27. The van der Waals surface area contributed by atoms with E-state index in [2.05, 4.69) is 4.90 Å². The van der Waals surface area contributed by atoms with Crippen molar-refractivity contribution in [2.75, 3.05) is 38.2 Å². The monoisotopic (exact) mass is 360 g/mol. The van der Waals surface area contributed by atoms with Crippen molar-refractivity contribution in [2.45, 2.75) is 4.90 Å². The Hall–Kier alpha value is -2.38. The SMILES string of the molecule is COC(=O)c1ccccc1S(=O)(=O)N1CCN(c2ccccc2)CC1. The van der Waals surface area contributed by atoms with Gasteiger partial charge in [0.2, 0.25) is 10.0 Å². The molecule has 1 heterocycles. The Morgan fingerprint density at radius 1 is 0.920 bits per heavy atom. The minimum absolute atomic E-state index is 0.00462. The van der Waals surface area contributed by atoms with Crippen LogP contribution in [0.5, 0.6) is 0 Å². The Morgan fingerprint density at radius 3 is 2.16 bits per heavy atom. The number of nitrogens with zero attached hydrogens (tertiary/aromatic N) is 2. The first kappa shape index (κ1) is 17.4. The van der Waals surface area contributed by atoms with Gasteiger partial charge in [0.25, 0.3) is 0 Å². The first-order chi connectivity index (χ1) is 12.0. The third kappa shape index (κ3) is 3.52. The second-order valence-corrected chi connectivity index (χ2v) is 7.62. The largest absolute Gasteiger partial charge is 0.465 e. The molecule has 1 saturated heterocycles. The minimum Gasteiger partial charge on any atom is -0.465 e. The molecular weight excluding hydrogens is 340 g/mol. The summed E-state index contributed by atoms with van der Waals surface area (Å²) in [6.07, 6.45) is 0. The van der Waals surface area contributed by atoms with Crippen molar-refractivity contribution in [3.63, 3.8) is 0 Å². The number of rotatable bonds is 4. The molecule has 0 bridgehead atoms. The van der Waals surface area contributed by atoms with E-state index in [4.69, 9.17) is 4.74 Å². The molecule has 0 aliphatic carbocycles. The van der Waals surface area contributed by atoms with E-state index in [9.17, 15) is 13.2 Å². The van der Waals surface area contributed by atoms with Crippen molar-refractivity contribution in [3.8, 4) is 0 Å². The van der Waals surface area contributed by atoms with Crippen LogP contribution in [0.15, 0.2) is 59.5 Å². The molecular formula is C18H20N2O4S. The molecule has 0 saturated carbocycles. The number of benzene rings is 2. The molecule has 0 spiro atoms. The van der Waals surface area contributed by atoms with Crippen LogP contribution < -0.4 is 4.90 Å². The Bertz CT molecular complexity index is 844. The third-order valence-corrected chi connectivity index (χ3v) is 6.23. The van der Waals surface area contributed by atoms with E-state index in [0.717, 1.165) is 5.69 Å². The molecule has 2 aromatic rings. The molecule has 6 nitrogen and oxygen atoms in total. The van der Waals surface area contributed by atoms with Crippen LogP contribution in [-0.4, -0.2) is 52.0 Å². The van der Waals surface area contributed by atoms with Crippen LogP contribution in [0.25, 0.3) is 0 Å². The number of hydrogen-bond acceptors (Lipinski definition) is 5. The van der Waals surface area contributed by atoms with E-state index in [-0.39, 0.29) is 10.5 Å². The second-order valence-electron chi connectivity index (χ2n) is 5.71. The maximum absolute atomic E-state index is 13.0. The molecule has 2 aromatic carbocycles. The fourth-order valence-electron chi connectivity index (χ4n) is 2.93. The smallest absolute Gasteiger partial charge is 0.339 e. The number of para-hydroxylation sites is 1. The molecule has 0 radical (unpaired) electrons. The summed E-state index contributed by atoms with van der Waals surface area (Å²) < 4.78 is 32.1. The quantitative estimate of drug-likeness (QED) is 0.780. The Kier molecular flexibility index (Phi) is 5.06. The number of piperazine rings is 1. The van der Waals surface area contributed by atoms with Crippen molar-refractivity contribution in [1.29, 1.82) is 0 Å². The lowest BCUT2D eigenvalue weighted by Crippen LogP contribution is -2.48. The lowest BCUT2D eigenvalue weighted by molar-refractivity contribution is 0.0596. The number of ether oxygens (including phenoxy) is 1. The maximum atomic E-state index is 13.0. The first-order valence-electron chi connectivity index (χ1n) is 8.01. The van der Waals surface area contributed by atoms with Crippen LogP contribution in [0.2, 0.25) is 0 Å². The highest BCUT2D eigenvalue weighted by molar-refractivity contribution is 7.89. The van der Waals surface area contributed by atoms with E-state index in [1.54, 1.807) is 12.1 Å². The van der Waals surface area contributed by atoms with Crippen molar-refractivity contribution in [3.05, 3.63) is 60.2 Å². The van der Waals surface area contributed by atoms with Gasteiger partial charge in [0.1, 0.15) is 0 Å². The van der Waals surface area contributed by atoms with E-state index < -0.39 is 16.0 Å². The zero-order valence-corrected chi connectivity index (χ0v) is 14.8. The van der Waals surface area contributed by atoms with Crippen LogP contribution >= 0.6 is 0 Å². The van der Waals surface area contributed by atoms with Gasteiger partial charge >= 0.3 is 5.97 Å². The van der Waals surface area contributed by atoms with E-state index in [0.29, 0.717) is 26.2 Å². The van der Waals surface area contributed by atoms with Crippen LogP contribution in [0.1, 0.15) is 10.4 Å². The molecule has 0 unspecified atom stereocenters. The number of sulfonamides is 1. The van der Waals surface area contributed by atoms with Gasteiger partial charge in [-0.2, -0.15) is 4.31 Å². The Balaban J connectivity index is 1.80. The second kappa shape index (κ2) is 7.25. The molecule has 1 aliphatic rings. The van der Waals surface area contributed by atoms with Crippen molar-refractivity contribution >= 4 is 21.7 Å². The molecule has 0 amide bonds. The number of esters is 1. The zero-order valence-electron chi connectivity index (χ0n) is 14.0. The number of methoxy groups -OCH3 is 1. The van der Waals surface area contributed by atoms with Gasteiger partial charge < -0.3 is 9.64 Å². The fraction of sp³-hybridized carbons (Fsp3) is 0.278. The topological polar surface area (TPSA) is 66.9 Å². The van der Waals surface area contributed by atoms with Crippen LogP contribution in [0.4, 0.5) is 5.69 Å². The summed E-state index contributed by atoms with van der Waals surface area (Å²) in [7, 11) is -2.51. The molecule has 1 aliphatic heterocycles. The average Bonchev–Trinajstić information content (AvgIpc) is 2.68. The van der Waals surface area contributed by atoms with Crippen molar-refractivity contribution in [2.24, 2.45) is 0 Å². The molecule has 7 heteroatoms. The summed E-state index contributed by atoms with van der Waals surface area (Å²) in [5.41, 5.74) is 1.14. The predicted octanol–water partition coefficient (Wildman–Crippen LogP) is 1.98. The molecule has 0 atom stereocenters. The average molecular weight is 360 g/mol. The number of carbonyl (C=O) groups excluding carboxylic acids is 1. The summed E-state index contributed by atoms with van der Waals surface area (Å²) in [4.78, 5) is 14.0. The molecule has 0 N–H and O–H groups in total. The standard InChI is InChI=1S/C18H20N2O4S/c1-24-18(21)16-9-5-6-10-17(16)25(22,23)20-13-11-19(12-14-20)15-7-3-2-4-8-15/h2-10H,11-14H2,1H3. The molecule has 1 fully saturated rings. The molecule has 0 aromatic heterocycles. The van der Waals surface area contributed by atoms with Gasteiger partial charge in [-0.25, -0.2) is 13.2 Å². The molecule has 132 valence electrons. The van der Waals surface area contributed by atoms with Crippen LogP contribution in [0.3, 0.4) is 0 Å². The van der Waals surface area contributed by atoms with Gasteiger partial charge in [0, 0.05) is 31.9 Å². The number of carbonyl (C=O) groups is 1. The highest BCUT2D eigenvalue weighted by Crippen LogP contribution is 2.23. The summed E-state index contributed by atoms with van der Waals surface area (Å²) in [5, 5.41) is 0. The van der Waals surface area contributed by atoms with Gasteiger partial charge in [-0.15, -0.1) is 0 Å². The van der Waals surface area contributed by atoms with Crippen LogP contribution in [-0.2, 0) is 14.8 Å². The summed E-state index contributed by atoms with van der Waals surface area (Å²) in [6, 6.07) is 16.1. The summed E-state index contributed by atoms with van der Waals surface area (Å²) in [6.45, 7) is 1.94. The van der Waals surface area contributed by atoms with Gasteiger partial charge in [0.05, 0.1) is 17.6 Å². The van der Waals surface area contributed by atoms with Crippen LogP contribution in [0, 0.1) is 0 Å². The van der Waals surface area contributed by atoms with Gasteiger partial charge in [0.15, 0.2) is 0 Å². The van der Waals surface area contributed by atoms with E-state index in [1.807, 2.05) is 30.3 Å². The summed E-state index contributed by atoms with van der Waals surface area (Å²) >= 11 is 0. The van der Waals surface area contributed by atoms with Gasteiger partial charge in [-0.3, -0.25) is 0 Å². The van der Waals surface area contributed by atoms with Crippen molar-refractivity contribution in [1.82, 2.24) is 4.31 Å². The first-order valence-corrected chi connectivity index (χ1v) is 9.45. The van der Waals surface area contributed by atoms with E-state index in [1.165, 1.54) is 23.5 Å². The lowest BCUT2D eigenvalue weighted by atomic mass is 10.2. The maximum Gasteiger partial charge on any atom is 0.339 e. The molecule has 25 heavy (non-hydrogen) atoms. The lowest BCUT2D eigenvalue weighted by Gasteiger charge is -2.35. The fourth-order valence-corrected chi connectivity index (χ4v) is 4.54. The normalized spacial score (nSPS) is 15.8.